The molecule has 18 fully saturated rings. The molecule has 6 nitrogen and oxygen atoms in total. The number of ether oxygens (including phenoxy) is 2. The number of aliphatic hydroxyl groups excluding tert-OH is 2. The van der Waals surface area contributed by atoms with Crippen molar-refractivity contribution in [2.24, 2.45) is 164 Å². The number of fused-ring (bicyclic) bond motifs is 2. The summed E-state index contributed by atoms with van der Waals surface area (Å²) in [5.74, 6) is 19.9. The summed E-state index contributed by atoms with van der Waals surface area (Å²) in [5, 5.41) is 38.5. The fourth-order valence-corrected chi connectivity index (χ4v) is 24.6. The Balaban J connectivity index is 0.000000225. The molecule has 18 rings (SSSR count). The standard InChI is InChI=1S/C13H22.C10H18O.C10H20O.C9H17F.C9H18O.C9H18.2C8H15F.2C8H16O.C8H14.C6H12O/c1-9(2)13-6-10-3-11(7-13)5-12(4-10)8-13;1-8(2)9-3-5-10(11,7-9)6-4-9;1-8(2)9-4-6-10(3,11)7-5-9;2*1-7(2)8-5-3-4-6-9(8)10;1-8(2)9-6-4-3-5-7-9;1-6(2)7-3-4-8(9)5-7;1-6(2)7-4-3-5-8(7)9;1-7(2)8-4-3-5-9-6-8;1-6(2)7-4-3-5-8(7)9;1-6(2)8-3-7(4-8)5-8;1-5(2)6-3-7-4-6/h9-12H,3-8H2,1-2H3;8,11H,3-7H2,1-2H3;8-9,11H,4-7H2,1-3H3;7-9H,3-6H2,1-2H3;7-10H,3-6H2,1-2H3;8-9H,3-7H2,1-2H3;2*6-8H,3-5H2,1-2H3;7-8H,3-6H2,1-2H3;6-9H,3-5H2,1-2H3;6-7H,3-5H2,1-2H3;5-6H,3-4H2,1-2H3. The van der Waals surface area contributed by atoms with Crippen LogP contribution in [0.1, 0.15) is 443 Å². The Morgan fingerprint density at radius 1 is 0.287 bits per heavy atom. The fourth-order valence-electron chi connectivity index (χ4n) is 24.6. The molecule has 0 aromatic carbocycles. The lowest BCUT2D eigenvalue weighted by Gasteiger charge is -2.64. The van der Waals surface area contributed by atoms with Gasteiger partial charge in [0.2, 0.25) is 0 Å². The Kier molecular flexibility index (Phi) is 46.8. The van der Waals surface area contributed by atoms with Crippen LogP contribution in [0.2, 0.25) is 0 Å². The average molecular weight is 1630 g/mol. The highest BCUT2D eigenvalue weighted by Gasteiger charge is 2.58. The number of halogens is 3. The van der Waals surface area contributed by atoms with Crippen molar-refractivity contribution in [2.75, 3.05) is 26.4 Å². The van der Waals surface area contributed by atoms with Crippen molar-refractivity contribution in [3.05, 3.63) is 0 Å². The summed E-state index contributed by atoms with van der Waals surface area (Å²) in [6, 6.07) is 0. The molecule has 2 heterocycles. The Morgan fingerprint density at radius 3 is 0.887 bits per heavy atom. The van der Waals surface area contributed by atoms with E-state index in [2.05, 4.69) is 166 Å². The van der Waals surface area contributed by atoms with Crippen LogP contribution in [0.15, 0.2) is 0 Å². The predicted octanol–water partition coefficient (Wildman–Crippen LogP) is 30.5. The first-order chi connectivity index (χ1) is 54.0. The number of aliphatic hydroxyl groups is 4. The van der Waals surface area contributed by atoms with Gasteiger partial charge in [0.15, 0.2) is 0 Å². The van der Waals surface area contributed by atoms with E-state index in [1.165, 1.54) is 109 Å². The molecule has 682 valence electrons. The zero-order valence-electron chi connectivity index (χ0n) is 81.1. The van der Waals surface area contributed by atoms with Crippen LogP contribution in [0.4, 0.5) is 13.2 Å². The van der Waals surface area contributed by atoms with Gasteiger partial charge in [-0.25, -0.2) is 13.2 Å². The molecule has 2 saturated heterocycles. The third-order valence-corrected chi connectivity index (χ3v) is 34.4. The fraction of sp³-hybridized carbons (Fsp3) is 1.00. The predicted molar refractivity (Wildman–Crippen MR) is 489 cm³/mol. The SMILES string of the molecule is CC(C)C12CC(C1)C2.CC(C)C12CC3CC(CC(C3)C1)C2.CC(C)C12CCC(O)(CC1)C2.CC(C)C1CCC(C)(O)CC1.CC(C)C1CCC(F)C1.CC(C)C1CCCC1F.CC(C)C1CCCC1O.CC(C)C1CCCCC1.CC(C)C1CCCCC1F.CC(C)C1CCCCC1O.CC(C)C1CCCOC1.CC(C)C1COC1. The minimum atomic E-state index is -0.506. The first kappa shape index (κ1) is 105. The molecule has 4 N–H and O–H groups in total. The van der Waals surface area contributed by atoms with Crippen LogP contribution < -0.4 is 0 Å². The smallest absolute Gasteiger partial charge is 0.103 e. The van der Waals surface area contributed by atoms with E-state index < -0.39 is 18.5 Å². The van der Waals surface area contributed by atoms with Crippen LogP contribution in [-0.2, 0) is 9.47 Å². The van der Waals surface area contributed by atoms with Crippen molar-refractivity contribution in [3.63, 3.8) is 0 Å². The highest BCUT2D eigenvalue weighted by atomic mass is 19.1. The van der Waals surface area contributed by atoms with Gasteiger partial charge in [-0.1, -0.05) is 237 Å². The minimum absolute atomic E-state index is 0.00463. The van der Waals surface area contributed by atoms with Gasteiger partial charge in [-0.15, -0.1) is 0 Å². The number of hydrogen-bond donors (Lipinski definition) is 4. The second kappa shape index (κ2) is 51.2. The Morgan fingerprint density at radius 2 is 0.635 bits per heavy atom. The van der Waals surface area contributed by atoms with Crippen molar-refractivity contribution in [2.45, 2.75) is 485 Å². The lowest BCUT2D eigenvalue weighted by Crippen LogP contribution is -2.54. The molecular weight excluding hydrogens is 1430 g/mol. The Bertz CT molecular complexity index is 2330. The summed E-state index contributed by atoms with van der Waals surface area (Å²) in [5.41, 5.74) is 1.59. The van der Waals surface area contributed by atoms with Gasteiger partial charge < -0.3 is 29.9 Å². The second-order valence-electron chi connectivity index (χ2n) is 47.0. The molecule has 2 aliphatic heterocycles. The van der Waals surface area contributed by atoms with Gasteiger partial charge >= 0.3 is 0 Å². The minimum Gasteiger partial charge on any atom is -0.393 e. The monoisotopic (exact) mass is 1630 g/mol. The average Bonchev–Trinajstić information content (AvgIpc) is 1.69. The summed E-state index contributed by atoms with van der Waals surface area (Å²) in [4.78, 5) is 0. The summed E-state index contributed by atoms with van der Waals surface area (Å²) < 4.78 is 48.8. The van der Waals surface area contributed by atoms with Gasteiger partial charge in [-0.3, -0.25) is 0 Å². The van der Waals surface area contributed by atoms with Crippen molar-refractivity contribution < 1.29 is 43.1 Å². The van der Waals surface area contributed by atoms with Crippen molar-refractivity contribution in [1.29, 1.82) is 0 Å². The number of rotatable bonds is 12. The lowest BCUT2D eigenvalue weighted by atomic mass is 9.41. The van der Waals surface area contributed by atoms with Crippen molar-refractivity contribution >= 4 is 0 Å². The molecule has 11 atom stereocenters. The highest BCUT2D eigenvalue weighted by molar-refractivity contribution is 5.08. The number of hydrogen-bond acceptors (Lipinski definition) is 6. The van der Waals surface area contributed by atoms with Crippen LogP contribution in [0.25, 0.3) is 0 Å². The van der Waals surface area contributed by atoms with Crippen LogP contribution in [-0.4, -0.2) is 88.8 Å². The molecule has 115 heavy (non-hydrogen) atoms. The first-order valence-corrected chi connectivity index (χ1v) is 50.8. The van der Waals surface area contributed by atoms with Gasteiger partial charge in [0, 0.05) is 19.1 Å². The van der Waals surface area contributed by atoms with E-state index in [4.69, 9.17) is 9.47 Å². The summed E-state index contributed by atoms with van der Waals surface area (Å²) in [6.45, 7) is 60.2. The molecule has 0 aromatic heterocycles. The maximum Gasteiger partial charge on any atom is 0.103 e. The van der Waals surface area contributed by atoms with Gasteiger partial charge in [0.05, 0.1) is 36.6 Å². The largest absolute Gasteiger partial charge is 0.393 e. The van der Waals surface area contributed by atoms with Crippen molar-refractivity contribution in [1.82, 2.24) is 0 Å². The summed E-state index contributed by atoms with van der Waals surface area (Å²) >= 11 is 0. The van der Waals surface area contributed by atoms with E-state index in [0.717, 1.165) is 229 Å². The van der Waals surface area contributed by atoms with E-state index in [1.54, 1.807) is 57.8 Å². The van der Waals surface area contributed by atoms with Crippen LogP contribution in [0.3, 0.4) is 0 Å². The molecule has 0 spiro atoms. The summed E-state index contributed by atoms with van der Waals surface area (Å²) in [7, 11) is 0. The van der Waals surface area contributed by atoms with E-state index in [9.17, 15) is 33.6 Å². The molecule has 16 saturated carbocycles. The van der Waals surface area contributed by atoms with Gasteiger partial charge in [-0.2, -0.15) is 0 Å². The maximum absolute atomic E-state index is 13.1. The van der Waals surface area contributed by atoms with E-state index >= 15 is 0 Å². The Labute approximate surface area is 714 Å². The van der Waals surface area contributed by atoms with Crippen LogP contribution in [0, 0.1) is 164 Å². The third kappa shape index (κ3) is 35.1. The first-order valence-electron chi connectivity index (χ1n) is 50.8. The normalized spacial score (nSPS) is 38.0. The quantitative estimate of drug-likeness (QED) is 0.155. The molecule has 18 aliphatic rings. The zero-order chi connectivity index (χ0) is 85.8. The maximum atomic E-state index is 13.1. The van der Waals surface area contributed by atoms with Crippen LogP contribution >= 0.6 is 0 Å². The third-order valence-electron chi connectivity index (χ3n) is 34.4. The van der Waals surface area contributed by atoms with Gasteiger partial charge in [-0.05, 0) is 364 Å². The van der Waals surface area contributed by atoms with Crippen LogP contribution in [0.5, 0.6) is 0 Å². The molecule has 9 heteroatoms. The van der Waals surface area contributed by atoms with E-state index in [-0.39, 0.29) is 23.4 Å². The lowest BCUT2D eigenvalue weighted by molar-refractivity contribution is -0.141. The van der Waals surface area contributed by atoms with Gasteiger partial charge in [0.25, 0.3) is 0 Å². The zero-order valence-corrected chi connectivity index (χ0v) is 81.1. The molecule has 0 amide bonds. The van der Waals surface area contributed by atoms with Gasteiger partial charge in [0.1, 0.15) is 18.5 Å². The van der Waals surface area contributed by atoms with Crippen molar-refractivity contribution in [3.8, 4) is 0 Å². The molecule has 8 bridgehead atoms. The van der Waals surface area contributed by atoms with E-state index in [0.29, 0.717) is 64.6 Å². The second-order valence-corrected chi connectivity index (χ2v) is 47.0. The number of alkyl halides is 3. The topological polar surface area (TPSA) is 99.4 Å². The molecule has 11 unspecified atom stereocenters. The molecule has 0 radical (unpaired) electrons. The molecule has 16 aliphatic carbocycles. The molecular formula is C106H201F3O6. The Hall–Kier alpha value is -0.450. The summed E-state index contributed by atoms with van der Waals surface area (Å²) in [6.07, 6.45) is 51.3. The van der Waals surface area contributed by atoms with E-state index in [1.807, 2.05) is 6.92 Å². The highest BCUT2D eigenvalue weighted by Crippen LogP contribution is 2.68. The molecule has 0 aromatic rings.